The number of carboxylic acid groups (broad SMARTS) is 1. The SMILES string of the molecule is O=C(NCCc1cnc[nH]1)Nc1cc(Br)cc(C(=O)O)c1. The zero-order chi connectivity index (χ0) is 15.2. The van der Waals surface area contributed by atoms with Gasteiger partial charge in [-0.3, -0.25) is 0 Å². The van der Waals surface area contributed by atoms with Crippen molar-refractivity contribution in [3.8, 4) is 0 Å². The Morgan fingerprint density at radius 2 is 2.14 bits per heavy atom. The molecule has 110 valence electrons. The minimum absolute atomic E-state index is 0.0946. The number of hydrogen-bond donors (Lipinski definition) is 4. The third-order valence-electron chi connectivity index (χ3n) is 2.64. The van der Waals surface area contributed by atoms with Crippen molar-refractivity contribution in [1.29, 1.82) is 0 Å². The minimum atomic E-state index is -1.06. The van der Waals surface area contributed by atoms with Crippen LogP contribution >= 0.6 is 15.9 Å². The van der Waals surface area contributed by atoms with Gasteiger partial charge < -0.3 is 20.7 Å². The Morgan fingerprint density at radius 3 is 2.81 bits per heavy atom. The fraction of sp³-hybridized carbons (Fsp3) is 0.154. The molecule has 0 saturated carbocycles. The van der Waals surface area contributed by atoms with Gasteiger partial charge in [-0.25, -0.2) is 14.6 Å². The number of imidazole rings is 1. The number of amides is 2. The fourth-order valence-electron chi connectivity index (χ4n) is 1.69. The lowest BCUT2D eigenvalue weighted by Gasteiger charge is -2.08. The molecule has 21 heavy (non-hydrogen) atoms. The van der Waals surface area contributed by atoms with Crippen LogP contribution in [0.5, 0.6) is 0 Å². The van der Waals surface area contributed by atoms with Crippen LogP contribution in [0, 0.1) is 0 Å². The summed E-state index contributed by atoms with van der Waals surface area (Å²) in [6.07, 6.45) is 3.89. The summed E-state index contributed by atoms with van der Waals surface area (Å²) in [4.78, 5) is 29.5. The zero-order valence-corrected chi connectivity index (χ0v) is 12.5. The molecule has 7 nitrogen and oxygen atoms in total. The van der Waals surface area contributed by atoms with Gasteiger partial charge in [0.15, 0.2) is 0 Å². The van der Waals surface area contributed by atoms with Gasteiger partial charge in [-0.1, -0.05) is 15.9 Å². The lowest BCUT2D eigenvalue weighted by Crippen LogP contribution is -2.30. The molecular formula is C13H13BrN4O3. The van der Waals surface area contributed by atoms with Crippen molar-refractivity contribution in [2.45, 2.75) is 6.42 Å². The molecule has 1 aromatic heterocycles. The van der Waals surface area contributed by atoms with E-state index in [1.165, 1.54) is 12.1 Å². The smallest absolute Gasteiger partial charge is 0.335 e. The average Bonchev–Trinajstić information content (AvgIpc) is 2.91. The molecule has 0 fully saturated rings. The van der Waals surface area contributed by atoms with Gasteiger partial charge >= 0.3 is 12.0 Å². The number of benzene rings is 1. The minimum Gasteiger partial charge on any atom is -0.478 e. The number of aromatic carboxylic acids is 1. The summed E-state index contributed by atoms with van der Waals surface area (Å²) in [5.74, 6) is -1.06. The van der Waals surface area contributed by atoms with E-state index < -0.39 is 12.0 Å². The Bertz CT molecular complexity index is 643. The second-order valence-electron chi connectivity index (χ2n) is 4.24. The number of rotatable bonds is 5. The Hall–Kier alpha value is -2.35. The zero-order valence-electron chi connectivity index (χ0n) is 10.9. The van der Waals surface area contributed by atoms with Crippen molar-refractivity contribution in [3.05, 3.63) is 46.5 Å². The second-order valence-corrected chi connectivity index (χ2v) is 5.16. The Morgan fingerprint density at radius 1 is 1.33 bits per heavy atom. The van der Waals surface area contributed by atoms with Gasteiger partial charge in [-0.2, -0.15) is 0 Å². The van der Waals surface area contributed by atoms with E-state index in [9.17, 15) is 9.59 Å². The van der Waals surface area contributed by atoms with Gasteiger partial charge in [-0.05, 0) is 18.2 Å². The van der Waals surface area contributed by atoms with E-state index in [-0.39, 0.29) is 5.56 Å². The molecule has 0 saturated heterocycles. The molecule has 4 N–H and O–H groups in total. The van der Waals surface area contributed by atoms with Crippen LogP contribution in [0.25, 0.3) is 0 Å². The van der Waals surface area contributed by atoms with Crippen molar-refractivity contribution in [2.75, 3.05) is 11.9 Å². The third kappa shape index (κ3) is 4.60. The first kappa shape index (κ1) is 15.0. The molecule has 0 aliphatic rings. The first-order valence-electron chi connectivity index (χ1n) is 6.10. The molecule has 0 aliphatic heterocycles. The summed E-state index contributed by atoms with van der Waals surface area (Å²) in [5.41, 5.74) is 1.42. The predicted octanol–water partition coefficient (Wildman–Crippen LogP) is 2.23. The van der Waals surface area contributed by atoms with Crippen molar-refractivity contribution >= 4 is 33.6 Å². The number of carboxylic acids is 1. The summed E-state index contributed by atoms with van der Waals surface area (Å²) in [6.45, 7) is 0.438. The highest BCUT2D eigenvalue weighted by atomic mass is 79.9. The van der Waals surface area contributed by atoms with Gasteiger partial charge in [0.2, 0.25) is 0 Å². The Balaban J connectivity index is 1.88. The molecule has 2 aromatic rings. The van der Waals surface area contributed by atoms with Gasteiger partial charge in [0.1, 0.15) is 0 Å². The van der Waals surface area contributed by atoms with Gasteiger partial charge in [0.25, 0.3) is 0 Å². The molecular weight excluding hydrogens is 340 g/mol. The number of aromatic nitrogens is 2. The second kappa shape index (κ2) is 6.89. The van der Waals surface area contributed by atoms with Crippen LogP contribution in [0.2, 0.25) is 0 Å². The highest BCUT2D eigenvalue weighted by Gasteiger charge is 2.08. The van der Waals surface area contributed by atoms with E-state index in [2.05, 4.69) is 36.5 Å². The molecule has 0 radical (unpaired) electrons. The van der Waals surface area contributed by atoms with Crippen LogP contribution in [0.1, 0.15) is 16.1 Å². The summed E-state index contributed by atoms with van der Waals surface area (Å²) < 4.78 is 0.579. The molecule has 2 amide bonds. The molecule has 1 heterocycles. The van der Waals surface area contributed by atoms with Gasteiger partial charge in [-0.15, -0.1) is 0 Å². The lowest BCUT2D eigenvalue weighted by atomic mass is 10.2. The normalized spacial score (nSPS) is 10.1. The number of urea groups is 1. The predicted molar refractivity (Wildman–Crippen MR) is 80.4 cm³/mol. The monoisotopic (exact) mass is 352 g/mol. The first-order chi connectivity index (χ1) is 10.0. The molecule has 0 atom stereocenters. The molecule has 0 aliphatic carbocycles. The number of carbonyl (C=O) groups excluding carboxylic acids is 1. The number of aromatic amines is 1. The van der Waals surface area contributed by atoms with E-state index in [0.29, 0.717) is 23.1 Å². The topological polar surface area (TPSA) is 107 Å². The van der Waals surface area contributed by atoms with Crippen LogP contribution in [-0.2, 0) is 6.42 Å². The Labute approximate surface area is 128 Å². The number of H-pyrrole nitrogens is 1. The number of halogens is 1. The molecule has 0 bridgehead atoms. The van der Waals surface area contributed by atoms with Crippen LogP contribution in [0.15, 0.2) is 35.2 Å². The largest absolute Gasteiger partial charge is 0.478 e. The summed E-state index contributed by atoms with van der Waals surface area (Å²) in [6, 6.07) is 4.08. The standard InChI is InChI=1S/C13H13BrN4O3/c14-9-3-8(12(19)20)4-11(5-9)18-13(21)16-2-1-10-6-15-7-17-10/h3-7H,1-2H2,(H,15,17)(H,19,20)(H2,16,18,21). The third-order valence-corrected chi connectivity index (χ3v) is 3.10. The maximum Gasteiger partial charge on any atom is 0.335 e. The molecule has 0 spiro atoms. The van der Waals surface area contributed by atoms with E-state index in [0.717, 1.165) is 5.69 Å². The maximum atomic E-state index is 11.7. The number of nitrogens with zero attached hydrogens (tertiary/aromatic N) is 1. The summed E-state index contributed by atoms with van der Waals surface area (Å²) in [7, 11) is 0. The summed E-state index contributed by atoms with van der Waals surface area (Å²) in [5, 5.41) is 14.2. The van der Waals surface area contributed by atoms with Crippen molar-refractivity contribution in [2.24, 2.45) is 0 Å². The lowest BCUT2D eigenvalue weighted by molar-refractivity contribution is 0.0697. The fourth-order valence-corrected chi connectivity index (χ4v) is 2.19. The number of nitrogens with one attached hydrogen (secondary N) is 3. The van der Waals surface area contributed by atoms with E-state index in [1.807, 2.05) is 0 Å². The van der Waals surface area contributed by atoms with Crippen LogP contribution in [0.4, 0.5) is 10.5 Å². The number of carbonyl (C=O) groups is 2. The van der Waals surface area contributed by atoms with Crippen LogP contribution in [-0.4, -0.2) is 33.6 Å². The Kier molecular flexibility index (Phi) is 4.94. The molecule has 8 heteroatoms. The molecule has 0 unspecified atom stereocenters. The van der Waals surface area contributed by atoms with Crippen molar-refractivity contribution in [1.82, 2.24) is 15.3 Å². The van der Waals surface area contributed by atoms with E-state index >= 15 is 0 Å². The van der Waals surface area contributed by atoms with Gasteiger partial charge in [0.05, 0.1) is 11.9 Å². The summed E-state index contributed by atoms with van der Waals surface area (Å²) >= 11 is 3.20. The van der Waals surface area contributed by atoms with E-state index in [4.69, 9.17) is 5.11 Å². The van der Waals surface area contributed by atoms with Crippen LogP contribution < -0.4 is 10.6 Å². The van der Waals surface area contributed by atoms with Gasteiger partial charge in [0, 0.05) is 35.0 Å². The highest BCUT2D eigenvalue weighted by molar-refractivity contribution is 9.10. The quantitative estimate of drug-likeness (QED) is 0.661. The van der Waals surface area contributed by atoms with E-state index in [1.54, 1.807) is 18.6 Å². The van der Waals surface area contributed by atoms with Crippen LogP contribution in [0.3, 0.4) is 0 Å². The van der Waals surface area contributed by atoms with Crippen molar-refractivity contribution in [3.63, 3.8) is 0 Å². The van der Waals surface area contributed by atoms with Crippen molar-refractivity contribution < 1.29 is 14.7 Å². The highest BCUT2D eigenvalue weighted by Crippen LogP contribution is 2.19. The number of anilines is 1. The molecule has 1 aromatic carbocycles. The maximum absolute atomic E-state index is 11.7. The number of hydrogen-bond acceptors (Lipinski definition) is 3. The average molecular weight is 353 g/mol. The first-order valence-corrected chi connectivity index (χ1v) is 6.90. The molecule has 2 rings (SSSR count).